The van der Waals surface area contributed by atoms with Gasteiger partial charge in [-0.25, -0.2) is 0 Å². The number of halogens is 1. The van der Waals surface area contributed by atoms with E-state index in [1.54, 1.807) is 0 Å². The van der Waals surface area contributed by atoms with Gasteiger partial charge in [-0.3, -0.25) is 4.79 Å². The third kappa shape index (κ3) is 6.28. The van der Waals surface area contributed by atoms with Crippen LogP contribution in [0.4, 0.5) is 0 Å². The number of carbonyl (C=O) groups excluding carboxylic acids is 1. The molecule has 0 radical (unpaired) electrons. The number of nitrogens with two attached hydrogens (primary N) is 1. The lowest BCUT2D eigenvalue weighted by atomic mass is 10.4. The maximum atomic E-state index is 10.8. The molecule has 0 aromatic carbocycles. The minimum atomic E-state index is 0.128. The highest BCUT2D eigenvalue weighted by molar-refractivity contribution is 14.1. The van der Waals surface area contributed by atoms with Crippen LogP contribution in [0.3, 0.4) is 0 Å². The van der Waals surface area contributed by atoms with Crippen molar-refractivity contribution < 1.29 is 4.79 Å². The second kappa shape index (κ2) is 7.27. The summed E-state index contributed by atoms with van der Waals surface area (Å²) in [7, 11) is 0. The largest absolute Gasteiger partial charge is 0.356 e. The summed E-state index contributed by atoms with van der Waals surface area (Å²) in [5.74, 6) is 0.128. The van der Waals surface area contributed by atoms with Gasteiger partial charge >= 0.3 is 0 Å². The van der Waals surface area contributed by atoms with E-state index in [0.717, 1.165) is 10.8 Å². The van der Waals surface area contributed by atoms with Crippen LogP contribution in [0.1, 0.15) is 12.8 Å². The van der Waals surface area contributed by atoms with Gasteiger partial charge in [0, 0.05) is 17.4 Å². The summed E-state index contributed by atoms with van der Waals surface area (Å²) in [5, 5.41) is 2.76. The first-order valence-corrected chi connectivity index (χ1v) is 4.86. The van der Waals surface area contributed by atoms with Crippen LogP contribution in [-0.2, 0) is 4.79 Å². The Morgan fingerprint density at radius 3 is 2.80 bits per heavy atom. The van der Waals surface area contributed by atoms with Crippen molar-refractivity contribution in [3.63, 3.8) is 0 Å². The van der Waals surface area contributed by atoms with Gasteiger partial charge in [-0.2, -0.15) is 0 Å². The van der Waals surface area contributed by atoms with Crippen LogP contribution in [-0.4, -0.2) is 23.4 Å². The number of amides is 1. The molecule has 0 aliphatic carbocycles. The lowest BCUT2D eigenvalue weighted by molar-refractivity contribution is -0.120. The average molecular weight is 256 g/mol. The summed E-state index contributed by atoms with van der Waals surface area (Å²) in [6.07, 6.45) is 1.48. The van der Waals surface area contributed by atoms with E-state index in [0.29, 0.717) is 19.5 Å². The Morgan fingerprint density at radius 2 is 2.30 bits per heavy atom. The maximum absolute atomic E-state index is 10.8. The molecule has 0 aromatic heterocycles. The van der Waals surface area contributed by atoms with Gasteiger partial charge in [0.2, 0.25) is 5.91 Å². The van der Waals surface area contributed by atoms with Crippen molar-refractivity contribution in [2.45, 2.75) is 12.8 Å². The predicted molar refractivity (Wildman–Crippen MR) is 50.2 cm³/mol. The van der Waals surface area contributed by atoms with E-state index in [4.69, 9.17) is 5.73 Å². The molecule has 0 saturated carbocycles. The predicted octanol–water partition coefficient (Wildman–Crippen LogP) is 0.276. The second-order valence-electron chi connectivity index (χ2n) is 1.93. The summed E-state index contributed by atoms with van der Waals surface area (Å²) in [4.78, 5) is 10.8. The zero-order valence-electron chi connectivity index (χ0n) is 5.90. The molecule has 10 heavy (non-hydrogen) atoms. The fourth-order valence-electron chi connectivity index (χ4n) is 0.504. The van der Waals surface area contributed by atoms with Gasteiger partial charge < -0.3 is 11.1 Å². The molecule has 0 rings (SSSR count). The quantitative estimate of drug-likeness (QED) is 0.421. The molecule has 0 atom stereocenters. The molecule has 4 heteroatoms. The van der Waals surface area contributed by atoms with Crippen molar-refractivity contribution in [2.75, 3.05) is 17.5 Å². The zero-order valence-corrected chi connectivity index (χ0v) is 8.06. The number of hydrogen-bond donors (Lipinski definition) is 2. The van der Waals surface area contributed by atoms with Crippen LogP contribution in [0.2, 0.25) is 0 Å². The molecule has 0 unspecified atom stereocenters. The second-order valence-corrected chi connectivity index (χ2v) is 3.01. The minimum absolute atomic E-state index is 0.128. The highest BCUT2D eigenvalue weighted by Gasteiger charge is 1.96. The molecular weight excluding hydrogens is 243 g/mol. The Morgan fingerprint density at radius 1 is 1.60 bits per heavy atom. The molecular formula is C6H13IN2O. The lowest BCUT2D eigenvalue weighted by Crippen LogP contribution is -2.25. The monoisotopic (exact) mass is 256 g/mol. The van der Waals surface area contributed by atoms with Crippen LogP contribution in [0.15, 0.2) is 0 Å². The van der Waals surface area contributed by atoms with Crippen LogP contribution < -0.4 is 11.1 Å². The molecule has 60 valence electrons. The van der Waals surface area contributed by atoms with E-state index < -0.39 is 0 Å². The lowest BCUT2D eigenvalue weighted by Gasteiger charge is -2.00. The number of alkyl halides is 1. The number of rotatable bonds is 5. The van der Waals surface area contributed by atoms with Gasteiger partial charge in [-0.1, -0.05) is 22.6 Å². The first kappa shape index (κ1) is 10.2. The Bertz CT molecular complexity index is 97.7. The van der Waals surface area contributed by atoms with Gasteiger partial charge in [0.15, 0.2) is 0 Å². The molecule has 0 spiro atoms. The Hall–Kier alpha value is 0.160. The van der Waals surface area contributed by atoms with Crippen molar-refractivity contribution in [1.29, 1.82) is 0 Å². The van der Waals surface area contributed by atoms with E-state index in [1.165, 1.54) is 0 Å². The zero-order chi connectivity index (χ0) is 7.82. The van der Waals surface area contributed by atoms with Crippen molar-refractivity contribution >= 4 is 28.5 Å². The summed E-state index contributed by atoms with van der Waals surface area (Å²) < 4.78 is 0.881. The highest BCUT2D eigenvalue weighted by atomic mass is 127. The van der Waals surface area contributed by atoms with Crippen LogP contribution in [0.25, 0.3) is 0 Å². The summed E-state index contributed by atoms with van der Waals surface area (Å²) in [6, 6.07) is 0. The SMILES string of the molecule is NCCCNC(=O)CCI. The van der Waals surface area contributed by atoms with Crippen molar-refractivity contribution in [3.8, 4) is 0 Å². The average Bonchev–Trinajstić information content (AvgIpc) is 1.89. The molecule has 3 N–H and O–H groups in total. The van der Waals surface area contributed by atoms with Gasteiger partial charge in [-0.05, 0) is 13.0 Å². The smallest absolute Gasteiger partial charge is 0.220 e. The number of nitrogens with one attached hydrogen (secondary N) is 1. The molecule has 1 amide bonds. The van der Waals surface area contributed by atoms with E-state index in [-0.39, 0.29) is 5.91 Å². The number of hydrogen-bond acceptors (Lipinski definition) is 2. The van der Waals surface area contributed by atoms with E-state index in [9.17, 15) is 4.79 Å². The highest BCUT2D eigenvalue weighted by Crippen LogP contribution is 1.87. The Balaban J connectivity index is 3.05. The fraction of sp³-hybridized carbons (Fsp3) is 0.833. The Labute approximate surface area is 74.9 Å². The van der Waals surface area contributed by atoms with Crippen molar-refractivity contribution in [1.82, 2.24) is 5.32 Å². The molecule has 0 bridgehead atoms. The molecule has 0 aromatic rings. The van der Waals surface area contributed by atoms with Crippen molar-refractivity contribution in [2.24, 2.45) is 5.73 Å². The van der Waals surface area contributed by atoms with E-state index in [1.807, 2.05) is 0 Å². The molecule has 0 heterocycles. The first-order valence-electron chi connectivity index (χ1n) is 3.34. The van der Waals surface area contributed by atoms with Crippen LogP contribution >= 0.6 is 22.6 Å². The molecule has 3 nitrogen and oxygen atoms in total. The Kier molecular flexibility index (Phi) is 7.39. The van der Waals surface area contributed by atoms with Crippen LogP contribution in [0.5, 0.6) is 0 Å². The van der Waals surface area contributed by atoms with E-state index in [2.05, 4.69) is 27.9 Å². The molecule has 0 fully saturated rings. The van der Waals surface area contributed by atoms with Gasteiger partial charge in [0.1, 0.15) is 0 Å². The van der Waals surface area contributed by atoms with Crippen LogP contribution in [0, 0.1) is 0 Å². The third-order valence-electron chi connectivity index (χ3n) is 1.02. The first-order chi connectivity index (χ1) is 4.81. The van der Waals surface area contributed by atoms with Crippen molar-refractivity contribution in [3.05, 3.63) is 0 Å². The normalized spacial score (nSPS) is 9.40. The summed E-state index contributed by atoms with van der Waals surface area (Å²) in [6.45, 7) is 1.36. The van der Waals surface area contributed by atoms with Gasteiger partial charge in [0.25, 0.3) is 0 Å². The standard InChI is InChI=1S/C6H13IN2O/c7-3-2-6(10)9-5-1-4-8/h1-5,8H2,(H,9,10). The fourth-order valence-corrected chi connectivity index (χ4v) is 0.994. The molecule has 0 aliphatic rings. The molecule has 0 aliphatic heterocycles. The van der Waals surface area contributed by atoms with Gasteiger partial charge in [-0.15, -0.1) is 0 Å². The maximum Gasteiger partial charge on any atom is 0.220 e. The van der Waals surface area contributed by atoms with Gasteiger partial charge in [0.05, 0.1) is 0 Å². The molecule has 0 saturated heterocycles. The number of carbonyl (C=O) groups is 1. The topological polar surface area (TPSA) is 55.1 Å². The summed E-state index contributed by atoms with van der Waals surface area (Å²) >= 11 is 2.18. The van der Waals surface area contributed by atoms with E-state index >= 15 is 0 Å². The third-order valence-corrected chi connectivity index (χ3v) is 1.56. The minimum Gasteiger partial charge on any atom is -0.356 e. The summed E-state index contributed by atoms with van der Waals surface area (Å²) in [5.41, 5.74) is 5.24.